The first-order valence-corrected chi connectivity index (χ1v) is 8.94. The van der Waals surface area contributed by atoms with Gasteiger partial charge in [-0.3, -0.25) is 9.59 Å². The zero-order valence-electron chi connectivity index (χ0n) is 14.4. The molecule has 4 nitrogen and oxygen atoms in total. The highest BCUT2D eigenvalue weighted by molar-refractivity contribution is 6.18. The molecule has 0 atom stereocenters. The summed E-state index contributed by atoms with van der Waals surface area (Å²) in [7, 11) is 0. The minimum Gasteiger partial charge on any atom is -0.325 e. The molecular weight excluding hydrogens is 312 g/mol. The van der Waals surface area contributed by atoms with E-state index < -0.39 is 5.41 Å². The van der Waals surface area contributed by atoms with Gasteiger partial charge in [0.05, 0.1) is 0 Å². The van der Waals surface area contributed by atoms with Crippen molar-refractivity contribution < 1.29 is 9.59 Å². The minimum atomic E-state index is -0.888. The van der Waals surface area contributed by atoms with E-state index in [1.807, 2.05) is 42.5 Å². The van der Waals surface area contributed by atoms with Crippen LogP contribution >= 0.6 is 0 Å². The molecule has 2 aromatic carbocycles. The van der Waals surface area contributed by atoms with Crippen LogP contribution in [0.1, 0.15) is 30.9 Å². The van der Waals surface area contributed by atoms with Gasteiger partial charge in [0.15, 0.2) is 0 Å². The Bertz CT molecular complexity index is 822. The Balaban J connectivity index is 1.51. The fourth-order valence-corrected chi connectivity index (χ4v) is 3.55. The van der Waals surface area contributed by atoms with Crippen molar-refractivity contribution in [2.75, 3.05) is 16.8 Å². The van der Waals surface area contributed by atoms with E-state index in [0.717, 1.165) is 24.2 Å². The number of nitrogens with zero attached hydrogens (tertiary/aromatic N) is 1. The summed E-state index contributed by atoms with van der Waals surface area (Å²) in [5.74, 6) is -0.230. The number of nitrogens with one attached hydrogen (secondary N) is 1. The van der Waals surface area contributed by atoms with E-state index in [-0.39, 0.29) is 11.8 Å². The number of amides is 2. The third kappa shape index (κ3) is 2.72. The lowest BCUT2D eigenvalue weighted by atomic mass is 10.0. The molecule has 2 amide bonds. The van der Waals surface area contributed by atoms with Crippen LogP contribution < -0.4 is 10.2 Å². The molecule has 1 N–H and O–H groups in total. The van der Waals surface area contributed by atoms with Gasteiger partial charge in [-0.1, -0.05) is 37.3 Å². The predicted octanol–water partition coefficient (Wildman–Crippen LogP) is 3.56. The topological polar surface area (TPSA) is 49.4 Å². The number of hydrogen-bond acceptors (Lipinski definition) is 2. The van der Waals surface area contributed by atoms with E-state index in [0.29, 0.717) is 19.4 Å². The molecule has 0 aromatic heterocycles. The Morgan fingerprint density at radius 1 is 1.08 bits per heavy atom. The van der Waals surface area contributed by atoms with Crippen LogP contribution in [0.3, 0.4) is 0 Å². The Morgan fingerprint density at radius 3 is 2.48 bits per heavy atom. The SMILES string of the molecule is CCc1ccc(NC(=O)C2(C(=O)N3CCc4ccccc43)CC2)cc1. The second-order valence-corrected chi connectivity index (χ2v) is 6.92. The highest BCUT2D eigenvalue weighted by atomic mass is 16.2. The van der Waals surface area contributed by atoms with Crippen molar-refractivity contribution in [3.63, 3.8) is 0 Å². The van der Waals surface area contributed by atoms with Gasteiger partial charge in [0.1, 0.15) is 5.41 Å². The molecule has 2 aromatic rings. The third-order valence-corrected chi connectivity index (χ3v) is 5.35. The maximum absolute atomic E-state index is 13.1. The molecule has 4 rings (SSSR count). The van der Waals surface area contributed by atoms with Crippen molar-refractivity contribution in [3.8, 4) is 0 Å². The van der Waals surface area contributed by atoms with Gasteiger partial charge < -0.3 is 10.2 Å². The average Bonchev–Trinajstić information content (AvgIpc) is 3.35. The number of aryl methyl sites for hydroxylation is 1. The second-order valence-electron chi connectivity index (χ2n) is 6.92. The lowest BCUT2D eigenvalue weighted by Gasteiger charge is -2.23. The van der Waals surface area contributed by atoms with Crippen molar-refractivity contribution >= 4 is 23.2 Å². The molecule has 128 valence electrons. The predicted molar refractivity (Wildman–Crippen MR) is 98.6 cm³/mol. The van der Waals surface area contributed by atoms with E-state index >= 15 is 0 Å². The van der Waals surface area contributed by atoms with Gasteiger partial charge in [-0.2, -0.15) is 0 Å². The van der Waals surface area contributed by atoms with Crippen molar-refractivity contribution in [1.29, 1.82) is 0 Å². The quantitative estimate of drug-likeness (QED) is 0.869. The molecule has 0 spiro atoms. The summed E-state index contributed by atoms with van der Waals surface area (Å²) in [4.78, 5) is 27.7. The van der Waals surface area contributed by atoms with Crippen LogP contribution in [0.2, 0.25) is 0 Å². The summed E-state index contributed by atoms with van der Waals surface area (Å²) in [6.07, 6.45) is 3.08. The normalized spacial score (nSPS) is 17.1. The lowest BCUT2D eigenvalue weighted by molar-refractivity contribution is -0.132. The molecule has 1 aliphatic heterocycles. The summed E-state index contributed by atoms with van der Waals surface area (Å²) in [5, 5.41) is 2.94. The van der Waals surface area contributed by atoms with Crippen molar-refractivity contribution in [2.24, 2.45) is 5.41 Å². The molecule has 2 aliphatic rings. The third-order valence-electron chi connectivity index (χ3n) is 5.35. The van der Waals surface area contributed by atoms with Gasteiger partial charge in [0, 0.05) is 17.9 Å². The molecule has 0 unspecified atom stereocenters. The van der Waals surface area contributed by atoms with E-state index in [9.17, 15) is 9.59 Å². The van der Waals surface area contributed by atoms with Gasteiger partial charge >= 0.3 is 0 Å². The molecule has 1 heterocycles. The highest BCUT2D eigenvalue weighted by Crippen LogP contribution is 2.49. The number of anilines is 2. The first-order valence-electron chi connectivity index (χ1n) is 8.94. The van der Waals surface area contributed by atoms with Crippen LogP contribution in [0.4, 0.5) is 11.4 Å². The molecule has 0 radical (unpaired) electrons. The first-order chi connectivity index (χ1) is 12.1. The lowest BCUT2D eigenvalue weighted by Crippen LogP contribution is -2.42. The first kappa shape index (κ1) is 15.9. The molecule has 1 saturated carbocycles. The largest absolute Gasteiger partial charge is 0.325 e. The number of carbonyl (C=O) groups excluding carboxylic acids is 2. The van der Waals surface area contributed by atoms with Crippen LogP contribution in [-0.4, -0.2) is 18.4 Å². The van der Waals surface area contributed by atoms with Gasteiger partial charge in [0.2, 0.25) is 11.8 Å². The number of benzene rings is 2. The number of para-hydroxylation sites is 1. The van der Waals surface area contributed by atoms with Gasteiger partial charge in [-0.05, 0) is 55.0 Å². The smallest absolute Gasteiger partial charge is 0.242 e. The van der Waals surface area contributed by atoms with E-state index in [2.05, 4.69) is 18.3 Å². The molecule has 4 heteroatoms. The Labute approximate surface area is 147 Å². The van der Waals surface area contributed by atoms with Crippen molar-refractivity contribution in [2.45, 2.75) is 32.6 Å². The minimum absolute atomic E-state index is 0.0554. The average molecular weight is 334 g/mol. The summed E-state index contributed by atoms with van der Waals surface area (Å²) >= 11 is 0. The van der Waals surface area contributed by atoms with Gasteiger partial charge in [-0.15, -0.1) is 0 Å². The Hall–Kier alpha value is -2.62. The molecule has 0 saturated heterocycles. The maximum atomic E-state index is 13.1. The Morgan fingerprint density at radius 2 is 1.80 bits per heavy atom. The molecular formula is C21H22N2O2. The zero-order chi connectivity index (χ0) is 17.4. The number of carbonyl (C=O) groups is 2. The summed E-state index contributed by atoms with van der Waals surface area (Å²) in [6, 6.07) is 15.8. The number of rotatable bonds is 4. The van der Waals surface area contributed by atoms with Crippen LogP contribution in [-0.2, 0) is 22.4 Å². The monoisotopic (exact) mass is 334 g/mol. The van der Waals surface area contributed by atoms with E-state index in [1.54, 1.807) is 4.90 Å². The van der Waals surface area contributed by atoms with Crippen LogP contribution in [0.15, 0.2) is 48.5 Å². The second kappa shape index (κ2) is 6.03. The van der Waals surface area contributed by atoms with Crippen LogP contribution in [0.25, 0.3) is 0 Å². The van der Waals surface area contributed by atoms with Gasteiger partial charge in [0.25, 0.3) is 0 Å². The molecule has 1 fully saturated rings. The molecule has 25 heavy (non-hydrogen) atoms. The fraction of sp³-hybridized carbons (Fsp3) is 0.333. The van der Waals surface area contributed by atoms with Crippen LogP contribution in [0.5, 0.6) is 0 Å². The number of fused-ring (bicyclic) bond motifs is 1. The molecule has 1 aliphatic carbocycles. The standard InChI is InChI=1S/C21H22N2O2/c1-2-15-7-9-17(10-8-15)22-19(24)21(12-13-21)20(25)23-14-11-16-5-3-4-6-18(16)23/h3-10H,2,11-14H2,1H3,(H,22,24). The van der Waals surface area contributed by atoms with Gasteiger partial charge in [-0.25, -0.2) is 0 Å². The summed E-state index contributed by atoms with van der Waals surface area (Å²) in [5.41, 5.74) is 3.23. The molecule has 0 bridgehead atoms. The number of hydrogen-bond donors (Lipinski definition) is 1. The Kier molecular flexibility index (Phi) is 3.83. The maximum Gasteiger partial charge on any atom is 0.242 e. The highest BCUT2D eigenvalue weighted by Gasteiger charge is 2.58. The van der Waals surface area contributed by atoms with E-state index in [1.165, 1.54) is 11.1 Å². The fourth-order valence-electron chi connectivity index (χ4n) is 3.55. The van der Waals surface area contributed by atoms with E-state index in [4.69, 9.17) is 0 Å². The summed E-state index contributed by atoms with van der Waals surface area (Å²) in [6.45, 7) is 2.76. The zero-order valence-corrected chi connectivity index (χ0v) is 14.4. The van der Waals surface area contributed by atoms with Crippen molar-refractivity contribution in [3.05, 3.63) is 59.7 Å². The summed E-state index contributed by atoms with van der Waals surface area (Å²) < 4.78 is 0. The van der Waals surface area contributed by atoms with Crippen LogP contribution in [0, 0.1) is 5.41 Å². The van der Waals surface area contributed by atoms with Crippen molar-refractivity contribution in [1.82, 2.24) is 0 Å².